The van der Waals surface area contributed by atoms with Crippen LogP contribution in [-0.4, -0.2) is 10.6 Å². The molecule has 0 saturated carbocycles. The summed E-state index contributed by atoms with van der Waals surface area (Å²) in [5.74, 6) is 0. The van der Waals surface area contributed by atoms with Gasteiger partial charge in [-0.3, -0.25) is 4.79 Å². The lowest BCUT2D eigenvalue weighted by atomic mass is 10.1. The number of unbranched alkanes of at least 4 members (excludes halogenated alkanes) is 1. The molecule has 2 rings (SSSR count). The van der Waals surface area contributed by atoms with Crippen LogP contribution in [0.5, 0.6) is 0 Å². The number of benzene rings is 1. The van der Waals surface area contributed by atoms with E-state index in [0.717, 1.165) is 36.7 Å². The highest BCUT2D eigenvalue weighted by Crippen LogP contribution is 2.12. The SMILES string of the molecule is CC(N)CCCCn1c(=O)ccc2ccccc21. The third-order valence-electron chi connectivity index (χ3n) is 3.19. The molecule has 2 N–H and O–H groups in total. The van der Waals surface area contributed by atoms with Crippen molar-refractivity contribution in [3.05, 3.63) is 46.8 Å². The number of pyridine rings is 1. The second-order valence-electron chi connectivity index (χ2n) is 4.86. The summed E-state index contributed by atoms with van der Waals surface area (Å²) in [6.45, 7) is 2.79. The van der Waals surface area contributed by atoms with Gasteiger partial charge in [-0.05, 0) is 37.3 Å². The second kappa shape index (κ2) is 5.83. The van der Waals surface area contributed by atoms with Crippen molar-refractivity contribution in [1.82, 2.24) is 4.57 Å². The molecule has 1 aromatic heterocycles. The lowest BCUT2D eigenvalue weighted by Gasteiger charge is -2.10. The Labute approximate surface area is 107 Å². The molecule has 0 saturated heterocycles. The summed E-state index contributed by atoms with van der Waals surface area (Å²) in [6, 6.07) is 11.8. The molecule has 0 radical (unpaired) electrons. The molecule has 1 aromatic carbocycles. The Morgan fingerprint density at radius 2 is 1.94 bits per heavy atom. The summed E-state index contributed by atoms with van der Waals surface area (Å²) < 4.78 is 1.86. The molecule has 3 nitrogen and oxygen atoms in total. The van der Waals surface area contributed by atoms with E-state index in [1.54, 1.807) is 6.07 Å². The van der Waals surface area contributed by atoms with Crippen molar-refractivity contribution in [3.63, 3.8) is 0 Å². The maximum absolute atomic E-state index is 11.9. The Morgan fingerprint density at radius 3 is 2.72 bits per heavy atom. The number of aryl methyl sites for hydroxylation is 1. The Hall–Kier alpha value is -1.61. The average molecular weight is 244 g/mol. The fourth-order valence-electron chi connectivity index (χ4n) is 2.21. The molecule has 0 spiro atoms. The maximum atomic E-state index is 11.9. The second-order valence-corrected chi connectivity index (χ2v) is 4.86. The van der Waals surface area contributed by atoms with Crippen molar-refractivity contribution in [2.24, 2.45) is 5.73 Å². The highest BCUT2D eigenvalue weighted by molar-refractivity contribution is 5.78. The number of fused-ring (bicyclic) bond motifs is 1. The van der Waals surface area contributed by atoms with E-state index in [-0.39, 0.29) is 11.6 Å². The largest absolute Gasteiger partial charge is 0.328 e. The number of nitrogens with zero attached hydrogens (tertiary/aromatic N) is 1. The number of rotatable bonds is 5. The van der Waals surface area contributed by atoms with Gasteiger partial charge in [-0.15, -0.1) is 0 Å². The van der Waals surface area contributed by atoms with Crippen LogP contribution in [0.15, 0.2) is 41.2 Å². The predicted molar refractivity (Wildman–Crippen MR) is 75.7 cm³/mol. The molecule has 0 aliphatic rings. The molecule has 96 valence electrons. The zero-order valence-corrected chi connectivity index (χ0v) is 10.8. The highest BCUT2D eigenvalue weighted by Gasteiger charge is 2.02. The molecule has 2 aromatic rings. The predicted octanol–water partition coefficient (Wildman–Crippen LogP) is 2.52. The summed E-state index contributed by atoms with van der Waals surface area (Å²) in [4.78, 5) is 11.9. The Balaban J connectivity index is 2.16. The van der Waals surface area contributed by atoms with E-state index in [1.165, 1.54) is 0 Å². The van der Waals surface area contributed by atoms with Crippen LogP contribution in [0.4, 0.5) is 0 Å². The van der Waals surface area contributed by atoms with E-state index < -0.39 is 0 Å². The van der Waals surface area contributed by atoms with Gasteiger partial charge in [-0.1, -0.05) is 24.6 Å². The molecule has 18 heavy (non-hydrogen) atoms. The van der Waals surface area contributed by atoms with Crippen molar-refractivity contribution in [1.29, 1.82) is 0 Å². The first-order chi connectivity index (χ1) is 8.68. The number of para-hydroxylation sites is 1. The molecule has 1 unspecified atom stereocenters. The van der Waals surface area contributed by atoms with Gasteiger partial charge in [0.25, 0.3) is 5.56 Å². The minimum Gasteiger partial charge on any atom is -0.328 e. The van der Waals surface area contributed by atoms with Crippen molar-refractivity contribution in [3.8, 4) is 0 Å². The first-order valence-corrected chi connectivity index (χ1v) is 6.52. The molecular weight excluding hydrogens is 224 g/mol. The molecule has 1 heterocycles. The molecule has 0 aliphatic heterocycles. The smallest absolute Gasteiger partial charge is 0.251 e. The molecule has 0 amide bonds. The first-order valence-electron chi connectivity index (χ1n) is 6.52. The zero-order chi connectivity index (χ0) is 13.0. The van der Waals surface area contributed by atoms with Crippen molar-refractivity contribution in [2.75, 3.05) is 0 Å². The van der Waals surface area contributed by atoms with Crippen LogP contribution < -0.4 is 11.3 Å². The van der Waals surface area contributed by atoms with E-state index in [1.807, 2.05) is 41.8 Å². The minimum absolute atomic E-state index is 0.0782. The third kappa shape index (κ3) is 2.99. The van der Waals surface area contributed by atoms with E-state index in [0.29, 0.717) is 0 Å². The summed E-state index contributed by atoms with van der Waals surface area (Å²) in [7, 11) is 0. The van der Waals surface area contributed by atoms with Crippen LogP contribution in [-0.2, 0) is 6.54 Å². The van der Waals surface area contributed by atoms with Gasteiger partial charge >= 0.3 is 0 Å². The molecule has 3 heteroatoms. The van der Waals surface area contributed by atoms with Crippen molar-refractivity contribution in [2.45, 2.75) is 38.8 Å². The van der Waals surface area contributed by atoms with E-state index in [9.17, 15) is 4.79 Å². The molecule has 0 aliphatic carbocycles. The van der Waals surface area contributed by atoms with Gasteiger partial charge in [0.2, 0.25) is 0 Å². The fourth-order valence-corrected chi connectivity index (χ4v) is 2.21. The number of aromatic nitrogens is 1. The highest BCUT2D eigenvalue weighted by atomic mass is 16.1. The first kappa shape index (κ1) is 12.8. The Bertz CT molecular complexity index is 572. The fraction of sp³-hybridized carbons (Fsp3) is 0.400. The lowest BCUT2D eigenvalue weighted by Crippen LogP contribution is -2.20. The van der Waals surface area contributed by atoms with Crippen molar-refractivity contribution < 1.29 is 0 Å². The van der Waals surface area contributed by atoms with Crippen LogP contribution >= 0.6 is 0 Å². The van der Waals surface area contributed by atoms with Crippen molar-refractivity contribution >= 4 is 10.9 Å². The van der Waals surface area contributed by atoms with Crippen LogP contribution in [0, 0.1) is 0 Å². The topological polar surface area (TPSA) is 48.0 Å². The van der Waals surface area contributed by atoms with Gasteiger partial charge in [0.15, 0.2) is 0 Å². The monoisotopic (exact) mass is 244 g/mol. The van der Waals surface area contributed by atoms with Crippen LogP contribution in [0.25, 0.3) is 10.9 Å². The minimum atomic E-state index is 0.0782. The third-order valence-corrected chi connectivity index (χ3v) is 3.19. The standard InChI is InChI=1S/C15H20N2O/c1-12(16)6-4-5-11-17-14-8-3-2-7-13(14)9-10-15(17)18/h2-3,7-10,12H,4-6,11,16H2,1H3. The van der Waals surface area contributed by atoms with Crippen LogP contribution in [0.1, 0.15) is 26.2 Å². The average Bonchev–Trinajstić information content (AvgIpc) is 2.36. The number of nitrogens with two attached hydrogens (primary N) is 1. The van der Waals surface area contributed by atoms with Crippen LogP contribution in [0.3, 0.4) is 0 Å². The van der Waals surface area contributed by atoms with Gasteiger partial charge in [-0.2, -0.15) is 0 Å². The van der Waals surface area contributed by atoms with E-state index in [4.69, 9.17) is 5.73 Å². The summed E-state index contributed by atoms with van der Waals surface area (Å²) >= 11 is 0. The van der Waals surface area contributed by atoms with Gasteiger partial charge in [-0.25, -0.2) is 0 Å². The summed E-state index contributed by atoms with van der Waals surface area (Å²) in [5, 5.41) is 1.12. The van der Waals surface area contributed by atoms with Gasteiger partial charge < -0.3 is 10.3 Å². The summed E-state index contributed by atoms with van der Waals surface area (Å²) in [6.07, 6.45) is 3.07. The molecule has 1 atom stereocenters. The molecular formula is C15H20N2O. The molecule has 0 bridgehead atoms. The van der Waals surface area contributed by atoms with E-state index >= 15 is 0 Å². The zero-order valence-electron chi connectivity index (χ0n) is 10.8. The van der Waals surface area contributed by atoms with E-state index in [2.05, 4.69) is 0 Å². The van der Waals surface area contributed by atoms with Gasteiger partial charge in [0.05, 0.1) is 5.52 Å². The number of hydrogen-bond donors (Lipinski definition) is 1. The maximum Gasteiger partial charge on any atom is 0.251 e. The Morgan fingerprint density at radius 1 is 1.17 bits per heavy atom. The molecule has 0 fully saturated rings. The summed E-state index contributed by atoms with van der Waals surface area (Å²) in [5.41, 5.74) is 6.82. The number of hydrogen-bond acceptors (Lipinski definition) is 2. The Kier molecular flexibility index (Phi) is 4.15. The van der Waals surface area contributed by atoms with Gasteiger partial charge in [0, 0.05) is 18.7 Å². The normalized spacial score (nSPS) is 12.8. The lowest BCUT2D eigenvalue weighted by molar-refractivity contribution is 0.549. The van der Waals surface area contributed by atoms with Crippen LogP contribution in [0.2, 0.25) is 0 Å². The van der Waals surface area contributed by atoms with Gasteiger partial charge in [0.1, 0.15) is 0 Å². The quantitative estimate of drug-likeness (QED) is 0.822.